The first-order valence-corrected chi connectivity index (χ1v) is 5.76. The number of thioether (sulfide) groups is 1. The molecule has 1 rings (SSSR count). The maximum absolute atomic E-state index is 10.6. The molecule has 1 heterocycles. The van der Waals surface area contributed by atoms with Crippen molar-refractivity contribution in [3.8, 4) is 6.07 Å². The van der Waals surface area contributed by atoms with Gasteiger partial charge in [0.2, 0.25) is 0 Å². The molecule has 0 aliphatic carbocycles. The Bertz CT molecular complexity index is 440. The normalized spacial score (nSPS) is 11.8. The molecule has 0 aliphatic heterocycles. The van der Waals surface area contributed by atoms with E-state index in [1.54, 1.807) is 19.1 Å². The van der Waals surface area contributed by atoms with E-state index in [-0.39, 0.29) is 0 Å². The predicted octanol–water partition coefficient (Wildman–Crippen LogP) is 2.07. The van der Waals surface area contributed by atoms with Gasteiger partial charge in [0.25, 0.3) is 0 Å². The summed E-state index contributed by atoms with van der Waals surface area (Å²) in [6.07, 6.45) is 0. The molecular weight excluding hydrogens is 224 g/mol. The summed E-state index contributed by atoms with van der Waals surface area (Å²) >= 11 is 1.31. The van der Waals surface area contributed by atoms with Gasteiger partial charge in [-0.2, -0.15) is 5.26 Å². The Labute approximate surface area is 98.3 Å². The Morgan fingerprint density at radius 2 is 2.38 bits per heavy atom. The quantitative estimate of drug-likeness (QED) is 0.810. The van der Waals surface area contributed by atoms with E-state index >= 15 is 0 Å². The predicted molar refractivity (Wildman–Crippen MR) is 61.2 cm³/mol. The minimum Gasteiger partial charge on any atom is -0.481 e. The zero-order valence-corrected chi connectivity index (χ0v) is 9.91. The highest BCUT2D eigenvalue weighted by molar-refractivity contribution is 7.99. The maximum Gasteiger partial charge on any atom is 0.307 e. The third-order valence-electron chi connectivity index (χ3n) is 2.01. The average molecular weight is 236 g/mol. The smallest absolute Gasteiger partial charge is 0.307 e. The Kier molecular flexibility index (Phi) is 4.32. The van der Waals surface area contributed by atoms with Crippen molar-refractivity contribution < 1.29 is 9.90 Å². The lowest BCUT2D eigenvalue weighted by atomic mass is 10.2. The maximum atomic E-state index is 10.6. The molecule has 0 spiro atoms. The van der Waals surface area contributed by atoms with Crippen LogP contribution in [0.3, 0.4) is 0 Å². The lowest BCUT2D eigenvalue weighted by Crippen LogP contribution is -2.12. The highest BCUT2D eigenvalue weighted by Gasteiger charge is 2.13. The molecule has 5 heteroatoms. The molecule has 0 saturated carbocycles. The van der Waals surface area contributed by atoms with Gasteiger partial charge in [0.15, 0.2) is 0 Å². The standard InChI is InChI=1S/C11H12N2O2S/c1-7(11(14)15)6-16-10-9(5-12)4-3-8(2)13-10/h3-4,7H,6H2,1-2H3,(H,14,15). The Morgan fingerprint density at radius 1 is 1.69 bits per heavy atom. The average Bonchev–Trinajstić information content (AvgIpc) is 2.25. The number of nitriles is 1. The fraction of sp³-hybridized carbons (Fsp3) is 0.364. The summed E-state index contributed by atoms with van der Waals surface area (Å²) in [5, 5.41) is 18.2. The zero-order valence-electron chi connectivity index (χ0n) is 9.10. The first-order valence-electron chi connectivity index (χ1n) is 4.78. The summed E-state index contributed by atoms with van der Waals surface area (Å²) < 4.78 is 0. The van der Waals surface area contributed by atoms with Crippen LogP contribution in [0.5, 0.6) is 0 Å². The number of carboxylic acids is 1. The fourth-order valence-corrected chi connectivity index (χ4v) is 2.03. The molecule has 1 atom stereocenters. The van der Waals surface area contributed by atoms with Crippen LogP contribution >= 0.6 is 11.8 Å². The molecule has 0 amide bonds. The van der Waals surface area contributed by atoms with Gasteiger partial charge in [-0.15, -0.1) is 11.8 Å². The number of aromatic nitrogens is 1. The van der Waals surface area contributed by atoms with Crippen molar-refractivity contribution in [2.45, 2.75) is 18.9 Å². The SMILES string of the molecule is Cc1ccc(C#N)c(SCC(C)C(=O)O)n1. The van der Waals surface area contributed by atoms with E-state index < -0.39 is 11.9 Å². The lowest BCUT2D eigenvalue weighted by Gasteiger charge is -2.06. The van der Waals surface area contributed by atoms with Crippen molar-refractivity contribution in [2.24, 2.45) is 5.92 Å². The minimum atomic E-state index is -0.835. The van der Waals surface area contributed by atoms with Crippen LogP contribution in [0, 0.1) is 24.2 Å². The molecule has 84 valence electrons. The number of hydrogen-bond acceptors (Lipinski definition) is 4. The molecule has 1 aromatic rings. The molecule has 1 aromatic heterocycles. The second-order valence-corrected chi connectivity index (χ2v) is 4.48. The second kappa shape index (κ2) is 5.52. The van der Waals surface area contributed by atoms with Gasteiger partial charge in [0.1, 0.15) is 11.1 Å². The number of aryl methyl sites for hydroxylation is 1. The largest absolute Gasteiger partial charge is 0.481 e. The summed E-state index contributed by atoms with van der Waals surface area (Å²) in [5.41, 5.74) is 1.32. The van der Waals surface area contributed by atoms with Crippen LogP contribution < -0.4 is 0 Å². The Hall–Kier alpha value is -1.54. The topological polar surface area (TPSA) is 74.0 Å². The van der Waals surface area contributed by atoms with Crippen LogP contribution in [0.2, 0.25) is 0 Å². The highest BCUT2D eigenvalue weighted by atomic mass is 32.2. The fourth-order valence-electron chi connectivity index (χ4n) is 1.00. The zero-order chi connectivity index (χ0) is 12.1. The van der Waals surface area contributed by atoms with Crippen LogP contribution in [0.4, 0.5) is 0 Å². The molecule has 0 fully saturated rings. The van der Waals surface area contributed by atoms with Gasteiger partial charge in [0, 0.05) is 11.4 Å². The number of carboxylic acid groups (broad SMARTS) is 1. The molecular formula is C11H12N2O2S. The van der Waals surface area contributed by atoms with Crippen LogP contribution in [0.15, 0.2) is 17.2 Å². The van der Waals surface area contributed by atoms with Gasteiger partial charge < -0.3 is 5.11 Å². The monoisotopic (exact) mass is 236 g/mol. The van der Waals surface area contributed by atoms with Gasteiger partial charge in [-0.25, -0.2) is 4.98 Å². The number of pyridine rings is 1. The van der Waals surface area contributed by atoms with Crippen LogP contribution in [-0.2, 0) is 4.79 Å². The van der Waals surface area contributed by atoms with E-state index in [9.17, 15) is 4.79 Å². The molecule has 0 bridgehead atoms. The molecule has 16 heavy (non-hydrogen) atoms. The Morgan fingerprint density at radius 3 is 2.94 bits per heavy atom. The van der Waals surface area contributed by atoms with Crippen LogP contribution in [0.25, 0.3) is 0 Å². The molecule has 1 unspecified atom stereocenters. The third kappa shape index (κ3) is 3.24. The number of carbonyl (C=O) groups is 1. The van der Waals surface area contributed by atoms with Gasteiger partial charge in [-0.05, 0) is 19.1 Å². The first kappa shape index (κ1) is 12.5. The van der Waals surface area contributed by atoms with Gasteiger partial charge >= 0.3 is 5.97 Å². The van der Waals surface area contributed by atoms with E-state index in [1.807, 2.05) is 13.0 Å². The van der Waals surface area contributed by atoms with E-state index in [0.717, 1.165) is 5.69 Å². The van der Waals surface area contributed by atoms with E-state index in [2.05, 4.69) is 4.98 Å². The summed E-state index contributed by atoms with van der Waals surface area (Å²) in [7, 11) is 0. The molecule has 0 aliphatic rings. The van der Waals surface area contributed by atoms with E-state index in [1.165, 1.54) is 11.8 Å². The molecule has 0 radical (unpaired) electrons. The van der Waals surface area contributed by atoms with Gasteiger partial charge in [-0.1, -0.05) is 6.92 Å². The number of rotatable bonds is 4. The summed E-state index contributed by atoms with van der Waals surface area (Å²) in [4.78, 5) is 14.9. The number of hydrogen-bond donors (Lipinski definition) is 1. The number of aliphatic carboxylic acids is 1. The van der Waals surface area contributed by atoms with Crippen LogP contribution in [-0.4, -0.2) is 21.8 Å². The van der Waals surface area contributed by atoms with Crippen LogP contribution in [0.1, 0.15) is 18.2 Å². The van der Waals surface area contributed by atoms with Crippen molar-refractivity contribution >= 4 is 17.7 Å². The van der Waals surface area contributed by atoms with Crippen molar-refractivity contribution in [1.29, 1.82) is 5.26 Å². The van der Waals surface area contributed by atoms with Crippen molar-refractivity contribution in [3.63, 3.8) is 0 Å². The summed E-state index contributed by atoms with van der Waals surface area (Å²) in [6.45, 7) is 3.48. The summed E-state index contributed by atoms with van der Waals surface area (Å²) in [6, 6.07) is 5.52. The third-order valence-corrected chi connectivity index (χ3v) is 3.26. The van der Waals surface area contributed by atoms with Crippen molar-refractivity contribution in [1.82, 2.24) is 4.98 Å². The van der Waals surface area contributed by atoms with Crippen molar-refractivity contribution in [3.05, 3.63) is 23.4 Å². The van der Waals surface area contributed by atoms with E-state index in [0.29, 0.717) is 16.3 Å². The molecule has 4 nitrogen and oxygen atoms in total. The molecule has 0 aromatic carbocycles. The van der Waals surface area contributed by atoms with Gasteiger partial charge in [-0.3, -0.25) is 4.79 Å². The van der Waals surface area contributed by atoms with E-state index in [4.69, 9.17) is 10.4 Å². The minimum absolute atomic E-state index is 0.417. The first-order chi connectivity index (χ1) is 7.54. The summed E-state index contributed by atoms with van der Waals surface area (Å²) in [5.74, 6) is -0.863. The van der Waals surface area contributed by atoms with Crippen molar-refractivity contribution in [2.75, 3.05) is 5.75 Å². The number of nitrogens with zero attached hydrogens (tertiary/aromatic N) is 2. The molecule has 1 N–H and O–H groups in total. The van der Waals surface area contributed by atoms with Gasteiger partial charge in [0.05, 0.1) is 11.5 Å². The lowest BCUT2D eigenvalue weighted by molar-refractivity contribution is -0.140. The molecule has 0 saturated heterocycles. The Balaban J connectivity index is 2.77. The second-order valence-electron chi connectivity index (χ2n) is 3.47. The highest BCUT2D eigenvalue weighted by Crippen LogP contribution is 2.22.